The number of aromatic amines is 2. The number of hydrogen-bond donors (Lipinski definition) is 3. The fourth-order valence-electron chi connectivity index (χ4n) is 2.33. The van der Waals surface area contributed by atoms with Gasteiger partial charge in [-0.3, -0.25) is 19.4 Å². The minimum absolute atomic E-state index is 0.0606. The number of aromatic nitrogens is 2. The number of amides is 1. The molecule has 1 aromatic heterocycles. The van der Waals surface area contributed by atoms with E-state index in [1.165, 1.54) is 4.90 Å². The molecule has 0 bridgehead atoms. The Morgan fingerprint density at radius 1 is 1.30 bits per heavy atom. The number of hydrogen-bond acceptors (Lipinski definition) is 4. The Hall–Kier alpha value is -2.38. The van der Waals surface area contributed by atoms with Gasteiger partial charge in [0.15, 0.2) is 0 Å². The van der Waals surface area contributed by atoms with Crippen LogP contribution in [-0.2, 0) is 4.79 Å². The van der Waals surface area contributed by atoms with E-state index >= 15 is 0 Å². The lowest BCUT2D eigenvalue weighted by atomic mass is 9.93. The fourth-order valence-corrected chi connectivity index (χ4v) is 2.33. The lowest BCUT2D eigenvalue weighted by molar-refractivity contribution is -0.138. The minimum Gasteiger partial charge on any atom is -0.481 e. The summed E-state index contributed by atoms with van der Waals surface area (Å²) >= 11 is 0. The predicted molar refractivity (Wildman–Crippen MR) is 68.6 cm³/mol. The molecule has 20 heavy (non-hydrogen) atoms. The molecule has 1 aromatic rings. The number of nitrogens with zero attached hydrogens (tertiary/aromatic N) is 1. The summed E-state index contributed by atoms with van der Waals surface area (Å²) < 4.78 is 0. The molecule has 108 valence electrons. The standard InChI is InChI=1S/C12H15N3O5/c16-9(17)5-7-1-3-15(4-2-7)11(19)8-6-13-12(20)14-10(8)18/h6-7H,1-5H2,(H,16,17)(H2,13,14,18,20). The average molecular weight is 281 g/mol. The second-order valence-corrected chi connectivity index (χ2v) is 4.82. The SMILES string of the molecule is O=C(O)CC1CCN(C(=O)c2c[nH]c(=O)[nH]c2=O)CC1. The maximum absolute atomic E-state index is 12.1. The van der Waals surface area contributed by atoms with Gasteiger partial charge in [0.1, 0.15) is 5.56 Å². The summed E-state index contributed by atoms with van der Waals surface area (Å²) in [4.78, 5) is 50.9. The van der Waals surface area contributed by atoms with Gasteiger partial charge in [-0.2, -0.15) is 0 Å². The smallest absolute Gasteiger partial charge is 0.325 e. The van der Waals surface area contributed by atoms with E-state index in [2.05, 4.69) is 4.98 Å². The molecular weight excluding hydrogens is 266 g/mol. The Morgan fingerprint density at radius 2 is 1.95 bits per heavy atom. The van der Waals surface area contributed by atoms with Gasteiger partial charge in [-0.05, 0) is 18.8 Å². The third-order valence-electron chi connectivity index (χ3n) is 3.41. The number of carboxylic acids is 1. The largest absolute Gasteiger partial charge is 0.481 e. The second-order valence-electron chi connectivity index (χ2n) is 4.82. The first kappa shape index (κ1) is 14.0. The van der Waals surface area contributed by atoms with Crippen molar-refractivity contribution in [3.8, 4) is 0 Å². The Bertz CT molecular complexity index is 624. The van der Waals surface area contributed by atoms with Crippen LogP contribution < -0.4 is 11.2 Å². The summed E-state index contributed by atoms with van der Waals surface area (Å²) in [5.41, 5.74) is -1.49. The maximum Gasteiger partial charge on any atom is 0.325 e. The topological polar surface area (TPSA) is 123 Å². The number of carbonyl (C=O) groups is 2. The van der Waals surface area contributed by atoms with E-state index in [4.69, 9.17) is 5.11 Å². The van der Waals surface area contributed by atoms with Gasteiger partial charge in [0, 0.05) is 25.7 Å². The van der Waals surface area contributed by atoms with Gasteiger partial charge in [0.05, 0.1) is 0 Å². The molecule has 0 atom stereocenters. The number of rotatable bonds is 3. The zero-order valence-electron chi connectivity index (χ0n) is 10.7. The molecule has 0 unspecified atom stereocenters. The van der Waals surface area contributed by atoms with Crippen molar-refractivity contribution in [1.29, 1.82) is 0 Å². The quantitative estimate of drug-likeness (QED) is 0.682. The third-order valence-corrected chi connectivity index (χ3v) is 3.41. The van der Waals surface area contributed by atoms with Gasteiger partial charge in [0.2, 0.25) is 0 Å². The van der Waals surface area contributed by atoms with Crippen LogP contribution in [0.5, 0.6) is 0 Å². The highest BCUT2D eigenvalue weighted by Crippen LogP contribution is 2.21. The Labute approximate surface area is 113 Å². The van der Waals surface area contributed by atoms with Crippen LogP contribution in [-0.4, -0.2) is 44.9 Å². The monoisotopic (exact) mass is 281 g/mol. The van der Waals surface area contributed by atoms with Crippen molar-refractivity contribution in [2.75, 3.05) is 13.1 Å². The summed E-state index contributed by atoms with van der Waals surface area (Å²) in [6, 6.07) is 0. The highest BCUT2D eigenvalue weighted by Gasteiger charge is 2.26. The second kappa shape index (κ2) is 5.72. The van der Waals surface area contributed by atoms with E-state index in [9.17, 15) is 19.2 Å². The summed E-state index contributed by atoms with van der Waals surface area (Å²) in [5, 5.41) is 8.72. The van der Waals surface area contributed by atoms with Crippen molar-refractivity contribution in [3.63, 3.8) is 0 Å². The Balaban J connectivity index is 2.03. The average Bonchev–Trinajstić information content (AvgIpc) is 2.38. The first-order valence-corrected chi connectivity index (χ1v) is 6.30. The highest BCUT2D eigenvalue weighted by molar-refractivity contribution is 5.93. The molecule has 1 amide bonds. The van der Waals surface area contributed by atoms with Crippen LogP contribution in [0.2, 0.25) is 0 Å². The van der Waals surface area contributed by atoms with Crippen molar-refractivity contribution in [2.24, 2.45) is 5.92 Å². The van der Waals surface area contributed by atoms with Crippen molar-refractivity contribution < 1.29 is 14.7 Å². The number of aliphatic carboxylic acids is 1. The van der Waals surface area contributed by atoms with E-state index in [0.29, 0.717) is 25.9 Å². The number of nitrogens with one attached hydrogen (secondary N) is 2. The predicted octanol–water partition coefficient (Wildman–Crippen LogP) is -0.610. The van der Waals surface area contributed by atoms with Crippen LogP contribution in [0.1, 0.15) is 29.6 Å². The molecule has 0 spiro atoms. The van der Waals surface area contributed by atoms with E-state index in [1.54, 1.807) is 0 Å². The zero-order valence-corrected chi connectivity index (χ0v) is 10.7. The van der Waals surface area contributed by atoms with Gasteiger partial charge in [0.25, 0.3) is 11.5 Å². The fraction of sp³-hybridized carbons (Fsp3) is 0.500. The van der Waals surface area contributed by atoms with Gasteiger partial charge in [-0.1, -0.05) is 0 Å². The van der Waals surface area contributed by atoms with Crippen molar-refractivity contribution in [2.45, 2.75) is 19.3 Å². The van der Waals surface area contributed by atoms with Crippen LogP contribution in [0, 0.1) is 5.92 Å². The van der Waals surface area contributed by atoms with E-state index in [0.717, 1.165) is 6.20 Å². The van der Waals surface area contributed by atoms with Crippen LogP contribution in [0.4, 0.5) is 0 Å². The number of piperidine rings is 1. The van der Waals surface area contributed by atoms with E-state index in [-0.39, 0.29) is 17.9 Å². The molecule has 1 fully saturated rings. The molecule has 0 aromatic carbocycles. The third kappa shape index (κ3) is 3.14. The molecule has 3 N–H and O–H groups in total. The molecule has 1 saturated heterocycles. The maximum atomic E-state index is 12.1. The van der Waals surface area contributed by atoms with Crippen LogP contribution >= 0.6 is 0 Å². The summed E-state index contributed by atoms with van der Waals surface area (Å²) in [6.07, 6.45) is 2.40. The van der Waals surface area contributed by atoms with Gasteiger partial charge >= 0.3 is 11.7 Å². The first-order valence-electron chi connectivity index (χ1n) is 6.30. The lowest BCUT2D eigenvalue weighted by Gasteiger charge is -2.31. The van der Waals surface area contributed by atoms with Crippen LogP contribution in [0.15, 0.2) is 15.8 Å². The Morgan fingerprint density at radius 3 is 2.50 bits per heavy atom. The Kier molecular flexibility index (Phi) is 4.02. The summed E-state index contributed by atoms with van der Waals surface area (Å²) in [5.74, 6) is -1.23. The molecule has 2 rings (SSSR count). The van der Waals surface area contributed by atoms with Crippen molar-refractivity contribution >= 4 is 11.9 Å². The summed E-state index contributed by atoms with van der Waals surface area (Å²) in [6.45, 7) is 0.824. The van der Waals surface area contributed by atoms with Gasteiger partial charge < -0.3 is 15.0 Å². The van der Waals surface area contributed by atoms with Crippen molar-refractivity contribution in [3.05, 3.63) is 32.6 Å². The molecule has 8 nitrogen and oxygen atoms in total. The molecule has 1 aliphatic rings. The molecule has 0 radical (unpaired) electrons. The molecular formula is C12H15N3O5. The molecule has 0 aliphatic carbocycles. The first-order chi connectivity index (χ1) is 9.47. The number of carboxylic acid groups (broad SMARTS) is 1. The minimum atomic E-state index is -0.841. The number of H-pyrrole nitrogens is 2. The lowest BCUT2D eigenvalue weighted by Crippen LogP contribution is -2.41. The van der Waals surface area contributed by atoms with E-state index in [1.807, 2.05) is 4.98 Å². The van der Waals surface area contributed by atoms with Crippen LogP contribution in [0.25, 0.3) is 0 Å². The van der Waals surface area contributed by atoms with E-state index < -0.39 is 23.1 Å². The van der Waals surface area contributed by atoms with Gasteiger partial charge in [-0.15, -0.1) is 0 Å². The van der Waals surface area contributed by atoms with Crippen molar-refractivity contribution in [1.82, 2.24) is 14.9 Å². The number of likely N-dealkylation sites (tertiary alicyclic amines) is 1. The van der Waals surface area contributed by atoms with Gasteiger partial charge in [-0.25, -0.2) is 4.79 Å². The zero-order chi connectivity index (χ0) is 14.7. The molecule has 2 heterocycles. The molecule has 8 heteroatoms. The normalized spacial score (nSPS) is 16.1. The summed E-state index contributed by atoms with van der Waals surface area (Å²) in [7, 11) is 0. The highest BCUT2D eigenvalue weighted by atomic mass is 16.4. The molecule has 1 aliphatic heterocycles. The molecule has 0 saturated carbocycles. The van der Waals surface area contributed by atoms with Crippen LogP contribution in [0.3, 0.4) is 0 Å². The number of carbonyl (C=O) groups excluding carboxylic acids is 1.